The molecule has 1 heterocycles. The molecule has 0 spiro atoms. The van der Waals surface area contributed by atoms with Crippen LogP contribution < -0.4 is 4.57 Å². The van der Waals surface area contributed by atoms with Crippen LogP contribution in [0.5, 0.6) is 0 Å². The minimum atomic E-state index is -4.34. The molecule has 60 valence electrons. The maximum atomic E-state index is 11.9. The number of hydrogen-bond acceptors (Lipinski definition) is 0. The number of nitrogens with zero attached hydrogens (tertiary/aromatic N) is 2. The molecule has 0 unspecified atom stereocenters. The molecule has 0 aliphatic rings. The molecule has 0 aliphatic carbocycles. The van der Waals surface area contributed by atoms with Crippen molar-refractivity contribution in [1.82, 2.24) is 4.57 Å². The fourth-order valence-electron chi connectivity index (χ4n) is 0.627. The third kappa shape index (κ3) is 1.60. The zero-order valence-corrected chi connectivity index (χ0v) is 5.54. The van der Waals surface area contributed by atoms with E-state index < -0.39 is 6.30 Å². The van der Waals surface area contributed by atoms with Gasteiger partial charge in [0.25, 0.3) is 6.33 Å². The van der Waals surface area contributed by atoms with Crippen molar-refractivity contribution >= 4 is 6.20 Å². The van der Waals surface area contributed by atoms with Gasteiger partial charge in [0.1, 0.15) is 12.4 Å². The van der Waals surface area contributed by atoms with Crippen molar-refractivity contribution in [3.63, 3.8) is 0 Å². The highest BCUT2D eigenvalue weighted by atomic mass is 19.4. The SMILES string of the molecule is C=Cn1cc[n+](C(F)(F)F)c1. The van der Waals surface area contributed by atoms with Crippen molar-refractivity contribution in [2.45, 2.75) is 6.30 Å². The molecule has 1 aromatic rings. The fourth-order valence-corrected chi connectivity index (χ4v) is 0.627. The van der Waals surface area contributed by atoms with Crippen molar-refractivity contribution in [3.8, 4) is 0 Å². The first-order valence-electron chi connectivity index (χ1n) is 2.82. The highest BCUT2D eigenvalue weighted by Gasteiger charge is 2.36. The lowest BCUT2D eigenvalue weighted by molar-refractivity contribution is -0.854. The van der Waals surface area contributed by atoms with Crippen molar-refractivity contribution in [3.05, 3.63) is 25.3 Å². The standard InChI is InChI=1S/C6H6F3N2/c1-2-10-3-4-11(5-10)6(7,8)9/h2-5H,1H2/q+1. The normalized spacial score (nSPS) is 11.5. The van der Waals surface area contributed by atoms with E-state index in [0.29, 0.717) is 0 Å². The van der Waals surface area contributed by atoms with E-state index in [1.165, 1.54) is 17.0 Å². The predicted molar refractivity (Wildman–Crippen MR) is 32.3 cm³/mol. The van der Waals surface area contributed by atoms with Crippen LogP contribution in [0.15, 0.2) is 25.3 Å². The van der Waals surface area contributed by atoms with Crippen LogP contribution in [-0.4, -0.2) is 4.57 Å². The summed E-state index contributed by atoms with van der Waals surface area (Å²) in [6, 6.07) is 0. The van der Waals surface area contributed by atoms with Gasteiger partial charge in [0.05, 0.1) is 6.20 Å². The highest BCUT2D eigenvalue weighted by molar-refractivity contribution is 5.13. The first-order chi connectivity index (χ1) is 5.04. The Morgan fingerprint density at radius 2 is 2.09 bits per heavy atom. The first kappa shape index (κ1) is 7.84. The van der Waals surface area contributed by atoms with Crippen molar-refractivity contribution in [2.24, 2.45) is 0 Å². The first-order valence-corrected chi connectivity index (χ1v) is 2.82. The Hall–Kier alpha value is -1.26. The molecular formula is C6H6F3N2+. The molecule has 0 N–H and O–H groups in total. The molecule has 0 aliphatic heterocycles. The van der Waals surface area contributed by atoms with Gasteiger partial charge in [0, 0.05) is 0 Å². The number of alkyl halides is 3. The van der Waals surface area contributed by atoms with Gasteiger partial charge in [-0.05, 0) is 0 Å². The monoisotopic (exact) mass is 163 g/mol. The molecule has 0 saturated heterocycles. The van der Waals surface area contributed by atoms with Crippen LogP contribution in [0.2, 0.25) is 0 Å². The van der Waals surface area contributed by atoms with Gasteiger partial charge in [-0.1, -0.05) is 6.58 Å². The minimum Gasteiger partial charge on any atom is -0.210 e. The topological polar surface area (TPSA) is 8.81 Å². The van der Waals surface area contributed by atoms with Gasteiger partial charge in [-0.15, -0.1) is 17.7 Å². The zero-order chi connectivity index (χ0) is 8.48. The minimum absolute atomic E-state index is 0.147. The average molecular weight is 163 g/mol. The van der Waals surface area contributed by atoms with Gasteiger partial charge in [0.15, 0.2) is 0 Å². The summed E-state index contributed by atoms with van der Waals surface area (Å²) in [4.78, 5) is 0. The molecule has 0 radical (unpaired) electrons. The van der Waals surface area contributed by atoms with Crippen LogP contribution in [0.25, 0.3) is 6.20 Å². The van der Waals surface area contributed by atoms with Gasteiger partial charge in [0.2, 0.25) is 0 Å². The lowest BCUT2D eigenvalue weighted by Crippen LogP contribution is -2.45. The predicted octanol–water partition coefficient (Wildman–Crippen LogP) is 1.35. The number of imidazole rings is 1. The van der Waals surface area contributed by atoms with E-state index >= 15 is 0 Å². The number of aromatic nitrogens is 2. The summed E-state index contributed by atoms with van der Waals surface area (Å²) in [5.41, 5.74) is 0. The van der Waals surface area contributed by atoms with Crippen molar-refractivity contribution < 1.29 is 17.7 Å². The molecule has 11 heavy (non-hydrogen) atoms. The molecule has 0 amide bonds. The largest absolute Gasteiger partial charge is 0.567 e. The number of rotatable bonds is 1. The van der Waals surface area contributed by atoms with E-state index in [4.69, 9.17) is 0 Å². The number of halogens is 3. The summed E-state index contributed by atoms with van der Waals surface area (Å²) in [6.07, 6.45) is 0.0195. The summed E-state index contributed by atoms with van der Waals surface area (Å²) in [7, 11) is 0. The second-order valence-corrected chi connectivity index (χ2v) is 1.92. The van der Waals surface area contributed by atoms with Gasteiger partial charge in [-0.25, -0.2) is 4.57 Å². The lowest BCUT2D eigenvalue weighted by Gasteiger charge is -1.97. The van der Waals surface area contributed by atoms with Gasteiger partial charge < -0.3 is 0 Å². The summed E-state index contributed by atoms with van der Waals surface area (Å²) >= 11 is 0. The smallest absolute Gasteiger partial charge is 0.210 e. The second-order valence-electron chi connectivity index (χ2n) is 1.92. The van der Waals surface area contributed by atoms with Crippen LogP contribution in [0, 0.1) is 0 Å². The lowest BCUT2D eigenvalue weighted by atomic mass is 10.8. The maximum Gasteiger partial charge on any atom is 0.567 e. The Balaban J connectivity index is 2.98. The van der Waals surface area contributed by atoms with Gasteiger partial charge >= 0.3 is 6.30 Å². The molecule has 0 fully saturated rings. The quantitative estimate of drug-likeness (QED) is 0.552. The van der Waals surface area contributed by atoms with Crippen LogP contribution in [0.4, 0.5) is 13.2 Å². The van der Waals surface area contributed by atoms with E-state index in [2.05, 4.69) is 6.58 Å². The van der Waals surface area contributed by atoms with Crippen LogP contribution in [-0.2, 0) is 6.30 Å². The van der Waals surface area contributed by atoms with Crippen LogP contribution in [0.1, 0.15) is 0 Å². The molecule has 1 aromatic heterocycles. The molecule has 1 rings (SSSR count). The zero-order valence-electron chi connectivity index (χ0n) is 5.54. The van der Waals surface area contributed by atoms with Crippen molar-refractivity contribution in [2.75, 3.05) is 0 Å². The van der Waals surface area contributed by atoms with Gasteiger partial charge in [-0.3, -0.25) is 0 Å². The van der Waals surface area contributed by atoms with Gasteiger partial charge in [-0.2, -0.15) is 0 Å². The third-order valence-electron chi connectivity index (χ3n) is 1.16. The van der Waals surface area contributed by atoms with E-state index in [-0.39, 0.29) is 4.57 Å². The molecule has 0 atom stereocenters. The molecule has 5 heteroatoms. The second kappa shape index (κ2) is 2.41. The summed E-state index contributed by atoms with van der Waals surface area (Å²) in [5.74, 6) is 0. The maximum absolute atomic E-state index is 11.9. The molecule has 0 aromatic carbocycles. The summed E-state index contributed by atoms with van der Waals surface area (Å²) < 4.78 is 36.9. The average Bonchev–Trinajstić information content (AvgIpc) is 2.32. The Kier molecular flexibility index (Phi) is 1.72. The van der Waals surface area contributed by atoms with Crippen LogP contribution in [0.3, 0.4) is 0 Å². The molecule has 0 bridgehead atoms. The fraction of sp³-hybridized carbons (Fsp3) is 0.167. The highest BCUT2D eigenvalue weighted by Crippen LogP contribution is 2.12. The Bertz CT molecular complexity index is 261. The Morgan fingerprint density at radius 3 is 2.36 bits per heavy atom. The van der Waals surface area contributed by atoms with Crippen molar-refractivity contribution in [1.29, 1.82) is 0 Å². The summed E-state index contributed by atoms with van der Waals surface area (Å²) in [5, 5.41) is 0. The van der Waals surface area contributed by atoms with E-state index in [0.717, 1.165) is 12.5 Å². The Morgan fingerprint density at radius 1 is 1.45 bits per heavy atom. The molecule has 0 saturated carbocycles. The van der Waals surface area contributed by atoms with E-state index in [9.17, 15) is 13.2 Å². The van der Waals surface area contributed by atoms with E-state index in [1.807, 2.05) is 0 Å². The summed E-state index contributed by atoms with van der Waals surface area (Å²) in [6.45, 7) is 3.31. The molecular weight excluding hydrogens is 157 g/mol. The van der Waals surface area contributed by atoms with E-state index in [1.54, 1.807) is 0 Å². The number of hydrogen-bond donors (Lipinski definition) is 0. The van der Waals surface area contributed by atoms with Crippen LogP contribution >= 0.6 is 0 Å². The Labute approximate surface area is 61.2 Å². The molecule has 2 nitrogen and oxygen atoms in total. The third-order valence-corrected chi connectivity index (χ3v) is 1.16.